The van der Waals surface area contributed by atoms with Crippen LogP contribution < -0.4 is 10.1 Å². The molecule has 1 heterocycles. The molecule has 1 N–H and O–H groups in total. The van der Waals surface area contributed by atoms with E-state index in [4.69, 9.17) is 4.74 Å². The number of nitrogens with zero attached hydrogens (tertiary/aromatic N) is 2. The average molecular weight is 418 g/mol. The zero-order valence-corrected chi connectivity index (χ0v) is 18.6. The van der Waals surface area contributed by atoms with Gasteiger partial charge in [-0.05, 0) is 41.9 Å². The van der Waals surface area contributed by atoms with Gasteiger partial charge in [0.25, 0.3) is 0 Å². The second kappa shape index (κ2) is 8.96. The summed E-state index contributed by atoms with van der Waals surface area (Å²) < 4.78 is 7.51. The number of carbonyl (C=O) groups excluding carboxylic acids is 1. The van der Waals surface area contributed by atoms with Gasteiger partial charge in [-0.15, -0.1) is 0 Å². The quantitative estimate of drug-likeness (QED) is 0.606. The molecule has 1 atom stereocenters. The Hall–Kier alpha value is -3.08. The summed E-state index contributed by atoms with van der Waals surface area (Å²) in [5.41, 5.74) is 4.77. The van der Waals surface area contributed by atoms with E-state index >= 15 is 0 Å². The van der Waals surface area contributed by atoms with Gasteiger partial charge in [-0.1, -0.05) is 62.4 Å². The van der Waals surface area contributed by atoms with Gasteiger partial charge < -0.3 is 10.1 Å². The van der Waals surface area contributed by atoms with Gasteiger partial charge in [0.1, 0.15) is 5.75 Å². The number of hydrogen-bond acceptors (Lipinski definition) is 3. The Morgan fingerprint density at radius 3 is 2.68 bits per heavy atom. The van der Waals surface area contributed by atoms with Crippen LogP contribution >= 0.6 is 0 Å². The van der Waals surface area contributed by atoms with Gasteiger partial charge in [0.05, 0.1) is 25.9 Å². The molecule has 0 aliphatic heterocycles. The third-order valence-corrected chi connectivity index (χ3v) is 6.08. The number of hydrogen-bond donors (Lipinski definition) is 1. The molecule has 1 aliphatic carbocycles. The van der Waals surface area contributed by atoms with E-state index < -0.39 is 0 Å². The standard InChI is InChI=1S/C26H31N3O2/c1-26(2)15-22(28-25(30)14-13-20-11-7-8-12-24(20)31-3)21-17-27-29(23(21)16-26)18-19-9-5-4-6-10-19/h4-12,17,22H,13-16,18H2,1-3H3,(H,28,30). The highest BCUT2D eigenvalue weighted by atomic mass is 16.5. The summed E-state index contributed by atoms with van der Waals surface area (Å²) >= 11 is 0. The maximum absolute atomic E-state index is 12.8. The molecule has 1 amide bonds. The molecule has 3 aromatic rings. The Morgan fingerprint density at radius 2 is 1.90 bits per heavy atom. The molecule has 0 bridgehead atoms. The van der Waals surface area contributed by atoms with Crippen LogP contribution in [0.1, 0.15) is 55.1 Å². The van der Waals surface area contributed by atoms with Crippen molar-refractivity contribution in [1.29, 1.82) is 0 Å². The van der Waals surface area contributed by atoms with Gasteiger partial charge in [0, 0.05) is 17.7 Å². The van der Waals surface area contributed by atoms with Gasteiger partial charge in [0.15, 0.2) is 0 Å². The van der Waals surface area contributed by atoms with Crippen LogP contribution in [0.2, 0.25) is 0 Å². The molecule has 0 saturated carbocycles. The van der Waals surface area contributed by atoms with E-state index in [1.165, 1.54) is 11.3 Å². The summed E-state index contributed by atoms with van der Waals surface area (Å²) in [5, 5.41) is 7.96. The molecule has 31 heavy (non-hydrogen) atoms. The fraction of sp³-hybridized carbons (Fsp3) is 0.385. The summed E-state index contributed by atoms with van der Waals surface area (Å²) in [7, 11) is 1.66. The number of para-hydroxylation sites is 1. The van der Waals surface area contributed by atoms with Crippen LogP contribution in [0.15, 0.2) is 60.8 Å². The first kappa shape index (κ1) is 21.2. The predicted octanol–water partition coefficient (Wildman–Crippen LogP) is 4.70. The Kier molecular flexibility index (Phi) is 6.12. The SMILES string of the molecule is COc1ccccc1CCC(=O)NC1CC(C)(C)Cc2c1cnn2Cc1ccccc1. The monoisotopic (exact) mass is 417 g/mol. The molecule has 0 fully saturated rings. The number of amides is 1. The maximum Gasteiger partial charge on any atom is 0.220 e. The molecule has 5 heteroatoms. The lowest BCUT2D eigenvalue weighted by molar-refractivity contribution is -0.122. The van der Waals surface area contributed by atoms with Crippen molar-refractivity contribution >= 4 is 5.91 Å². The average Bonchev–Trinajstić information content (AvgIpc) is 3.14. The summed E-state index contributed by atoms with van der Waals surface area (Å²) in [5.74, 6) is 0.897. The number of benzene rings is 2. The lowest BCUT2D eigenvalue weighted by Crippen LogP contribution is -2.37. The van der Waals surface area contributed by atoms with Crippen LogP contribution in [0.5, 0.6) is 5.75 Å². The lowest BCUT2D eigenvalue weighted by atomic mass is 9.74. The molecule has 0 spiro atoms. The van der Waals surface area contributed by atoms with Crippen molar-refractivity contribution in [3.05, 3.63) is 83.2 Å². The molecular weight excluding hydrogens is 386 g/mol. The zero-order valence-electron chi connectivity index (χ0n) is 18.6. The van der Waals surface area contributed by atoms with E-state index in [-0.39, 0.29) is 17.4 Å². The molecule has 0 radical (unpaired) electrons. The minimum absolute atomic E-state index is 0.00607. The molecule has 162 valence electrons. The van der Waals surface area contributed by atoms with E-state index in [9.17, 15) is 4.79 Å². The Morgan fingerprint density at radius 1 is 1.16 bits per heavy atom. The van der Waals surface area contributed by atoms with Gasteiger partial charge in [0.2, 0.25) is 5.91 Å². The number of nitrogens with one attached hydrogen (secondary N) is 1. The topological polar surface area (TPSA) is 56.1 Å². The van der Waals surface area contributed by atoms with Crippen LogP contribution in [0.4, 0.5) is 0 Å². The lowest BCUT2D eigenvalue weighted by Gasteiger charge is -2.36. The summed E-state index contributed by atoms with van der Waals surface area (Å²) in [4.78, 5) is 12.8. The first-order chi connectivity index (χ1) is 14.9. The van der Waals surface area contributed by atoms with E-state index in [0.717, 1.165) is 36.3 Å². The normalized spacial score (nSPS) is 17.1. The van der Waals surface area contributed by atoms with Crippen molar-refractivity contribution < 1.29 is 9.53 Å². The highest BCUT2D eigenvalue weighted by molar-refractivity contribution is 5.77. The molecule has 2 aromatic carbocycles. The fourth-order valence-corrected chi connectivity index (χ4v) is 4.54. The van der Waals surface area contributed by atoms with Crippen molar-refractivity contribution in [3.63, 3.8) is 0 Å². The van der Waals surface area contributed by atoms with Crippen LogP contribution in [0, 0.1) is 5.41 Å². The Labute approximate surface area is 184 Å². The number of aryl methyl sites for hydroxylation is 1. The van der Waals surface area contributed by atoms with Crippen molar-refractivity contribution in [2.24, 2.45) is 5.41 Å². The smallest absolute Gasteiger partial charge is 0.220 e. The van der Waals surface area contributed by atoms with Crippen molar-refractivity contribution in [2.45, 2.75) is 52.1 Å². The van der Waals surface area contributed by atoms with Crippen LogP contribution in [0.3, 0.4) is 0 Å². The minimum Gasteiger partial charge on any atom is -0.496 e. The summed E-state index contributed by atoms with van der Waals surface area (Å²) in [6.45, 7) is 5.29. The van der Waals surface area contributed by atoms with Gasteiger partial charge in [-0.3, -0.25) is 9.48 Å². The zero-order chi connectivity index (χ0) is 21.8. The third-order valence-electron chi connectivity index (χ3n) is 6.08. The van der Waals surface area contributed by atoms with Crippen LogP contribution in [-0.4, -0.2) is 22.8 Å². The molecular formula is C26H31N3O2. The summed E-state index contributed by atoms with van der Waals surface area (Å²) in [6, 6.07) is 18.3. The number of methoxy groups -OCH3 is 1. The highest BCUT2D eigenvalue weighted by Gasteiger charge is 2.35. The van der Waals surface area contributed by atoms with E-state index in [1.807, 2.05) is 36.5 Å². The van der Waals surface area contributed by atoms with Gasteiger partial charge in [-0.2, -0.15) is 5.10 Å². The number of aromatic nitrogens is 2. The number of ether oxygens (including phenoxy) is 1. The molecule has 5 nitrogen and oxygen atoms in total. The highest BCUT2D eigenvalue weighted by Crippen LogP contribution is 2.41. The first-order valence-electron chi connectivity index (χ1n) is 10.9. The summed E-state index contributed by atoms with van der Waals surface area (Å²) in [6.07, 6.45) is 4.91. The van der Waals surface area contributed by atoms with Gasteiger partial charge >= 0.3 is 0 Å². The van der Waals surface area contributed by atoms with Crippen molar-refractivity contribution in [2.75, 3.05) is 7.11 Å². The number of rotatable bonds is 7. The van der Waals surface area contributed by atoms with Crippen LogP contribution in [-0.2, 0) is 24.2 Å². The molecule has 1 aliphatic rings. The molecule has 1 unspecified atom stereocenters. The molecule has 0 saturated heterocycles. The van der Waals surface area contributed by atoms with E-state index in [2.05, 4.69) is 53.2 Å². The Bertz CT molecular complexity index is 1040. The first-order valence-corrected chi connectivity index (χ1v) is 10.9. The van der Waals surface area contributed by atoms with Crippen molar-refractivity contribution in [1.82, 2.24) is 15.1 Å². The number of fused-ring (bicyclic) bond motifs is 1. The predicted molar refractivity (Wildman–Crippen MR) is 122 cm³/mol. The second-order valence-electron chi connectivity index (χ2n) is 9.17. The number of carbonyl (C=O) groups is 1. The largest absolute Gasteiger partial charge is 0.496 e. The molecule has 1 aromatic heterocycles. The Balaban J connectivity index is 1.47. The second-order valence-corrected chi connectivity index (χ2v) is 9.17. The van der Waals surface area contributed by atoms with E-state index in [1.54, 1.807) is 7.11 Å². The van der Waals surface area contributed by atoms with Crippen molar-refractivity contribution in [3.8, 4) is 5.75 Å². The van der Waals surface area contributed by atoms with Gasteiger partial charge in [-0.25, -0.2) is 0 Å². The maximum atomic E-state index is 12.8. The third kappa shape index (κ3) is 4.98. The fourth-order valence-electron chi connectivity index (χ4n) is 4.54. The van der Waals surface area contributed by atoms with E-state index in [0.29, 0.717) is 12.8 Å². The minimum atomic E-state index is -0.00607. The van der Waals surface area contributed by atoms with Crippen LogP contribution in [0.25, 0.3) is 0 Å². The molecule has 4 rings (SSSR count).